The summed E-state index contributed by atoms with van der Waals surface area (Å²) in [6.45, 7) is 4.17. The summed E-state index contributed by atoms with van der Waals surface area (Å²) >= 11 is 0. The molecule has 0 aliphatic carbocycles. The normalized spacial score (nSPS) is 11.9. The SMILES string of the molecule is CCC(C)NC(=O)c1cccc(CNC(=O)c2ccc(S(=O)(=O)Nc3ccccc3)cc2)c1. The second-order valence-electron chi connectivity index (χ2n) is 7.66. The summed E-state index contributed by atoms with van der Waals surface area (Å²) in [5.74, 6) is -0.497. The Morgan fingerprint density at radius 2 is 1.55 bits per heavy atom. The number of nitrogens with one attached hydrogen (secondary N) is 3. The lowest BCUT2D eigenvalue weighted by Gasteiger charge is -2.12. The molecule has 3 N–H and O–H groups in total. The topological polar surface area (TPSA) is 104 Å². The van der Waals surface area contributed by atoms with Crippen LogP contribution >= 0.6 is 0 Å². The fourth-order valence-corrected chi connectivity index (χ4v) is 4.08. The van der Waals surface area contributed by atoms with Gasteiger partial charge in [-0.15, -0.1) is 0 Å². The first-order valence-corrected chi connectivity index (χ1v) is 12.1. The number of hydrogen-bond donors (Lipinski definition) is 3. The summed E-state index contributed by atoms with van der Waals surface area (Å²) in [5.41, 5.74) is 2.10. The molecule has 1 atom stereocenters. The number of sulfonamides is 1. The number of carbonyl (C=O) groups is 2. The second-order valence-corrected chi connectivity index (χ2v) is 9.34. The zero-order valence-corrected chi connectivity index (χ0v) is 19.4. The van der Waals surface area contributed by atoms with E-state index in [0.717, 1.165) is 12.0 Å². The molecular weight excluding hydrogens is 438 g/mol. The van der Waals surface area contributed by atoms with Crippen molar-refractivity contribution in [2.45, 2.75) is 37.8 Å². The average molecular weight is 466 g/mol. The number of para-hydroxylation sites is 1. The minimum atomic E-state index is -3.75. The van der Waals surface area contributed by atoms with Gasteiger partial charge in [0.2, 0.25) is 0 Å². The molecule has 2 amide bonds. The number of amides is 2. The van der Waals surface area contributed by atoms with Crippen LogP contribution in [0.3, 0.4) is 0 Å². The Kier molecular flexibility index (Phi) is 7.84. The van der Waals surface area contributed by atoms with E-state index in [0.29, 0.717) is 16.8 Å². The van der Waals surface area contributed by atoms with Crippen LogP contribution in [0.15, 0.2) is 83.8 Å². The summed E-state index contributed by atoms with van der Waals surface area (Å²) in [4.78, 5) is 24.9. The van der Waals surface area contributed by atoms with E-state index in [9.17, 15) is 18.0 Å². The molecule has 0 fully saturated rings. The van der Waals surface area contributed by atoms with E-state index in [1.165, 1.54) is 24.3 Å². The van der Waals surface area contributed by atoms with Crippen molar-refractivity contribution in [3.05, 3.63) is 95.6 Å². The molecule has 0 heterocycles. The highest BCUT2D eigenvalue weighted by atomic mass is 32.2. The van der Waals surface area contributed by atoms with Crippen LogP contribution in [0.2, 0.25) is 0 Å². The van der Waals surface area contributed by atoms with Crippen molar-refractivity contribution in [1.29, 1.82) is 0 Å². The van der Waals surface area contributed by atoms with Gasteiger partial charge in [0.15, 0.2) is 0 Å². The number of rotatable bonds is 9. The Labute approximate surface area is 194 Å². The van der Waals surface area contributed by atoms with Crippen LogP contribution < -0.4 is 15.4 Å². The molecule has 3 rings (SSSR count). The van der Waals surface area contributed by atoms with E-state index >= 15 is 0 Å². The molecule has 0 aromatic heterocycles. The first kappa shape index (κ1) is 24.0. The first-order valence-electron chi connectivity index (χ1n) is 10.6. The standard InChI is InChI=1S/C25H27N3O4S/c1-3-18(2)27-25(30)21-9-7-8-19(16-21)17-26-24(29)20-12-14-23(15-13-20)33(31,32)28-22-10-5-4-6-11-22/h4-16,18,28H,3,17H2,1-2H3,(H,26,29)(H,27,30). The first-order chi connectivity index (χ1) is 15.8. The van der Waals surface area contributed by atoms with Crippen LogP contribution in [0.4, 0.5) is 5.69 Å². The molecule has 7 nitrogen and oxygen atoms in total. The predicted octanol–water partition coefficient (Wildman–Crippen LogP) is 3.95. The summed E-state index contributed by atoms with van der Waals surface area (Å²) in [7, 11) is -3.75. The van der Waals surface area contributed by atoms with Crippen molar-refractivity contribution in [2.75, 3.05) is 4.72 Å². The van der Waals surface area contributed by atoms with Crippen molar-refractivity contribution in [1.82, 2.24) is 10.6 Å². The molecule has 1 unspecified atom stereocenters. The van der Waals surface area contributed by atoms with E-state index in [1.54, 1.807) is 48.5 Å². The van der Waals surface area contributed by atoms with E-state index in [2.05, 4.69) is 15.4 Å². The van der Waals surface area contributed by atoms with Gasteiger partial charge in [-0.05, 0) is 67.4 Å². The third-order valence-electron chi connectivity index (χ3n) is 5.08. The van der Waals surface area contributed by atoms with Crippen LogP contribution in [0.1, 0.15) is 46.5 Å². The summed E-state index contributed by atoms with van der Waals surface area (Å²) in [5, 5.41) is 5.71. The highest BCUT2D eigenvalue weighted by Gasteiger charge is 2.15. The molecule has 0 aliphatic rings. The van der Waals surface area contributed by atoms with Crippen LogP contribution in [0.5, 0.6) is 0 Å². The fourth-order valence-electron chi connectivity index (χ4n) is 3.02. The molecule has 0 bridgehead atoms. The molecule has 172 valence electrons. The van der Waals surface area contributed by atoms with E-state index in [-0.39, 0.29) is 29.3 Å². The largest absolute Gasteiger partial charge is 0.350 e. The second kappa shape index (κ2) is 10.8. The molecule has 8 heteroatoms. The monoisotopic (exact) mass is 465 g/mol. The van der Waals surface area contributed by atoms with Crippen molar-refractivity contribution >= 4 is 27.5 Å². The number of hydrogen-bond acceptors (Lipinski definition) is 4. The Morgan fingerprint density at radius 1 is 0.848 bits per heavy atom. The highest BCUT2D eigenvalue weighted by Crippen LogP contribution is 2.16. The molecule has 0 saturated carbocycles. The Balaban J connectivity index is 1.61. The minimum absolute atomic E-state index is 0.0583. The smallest absolute Gasteiger partial charge is 0.261 e. The van der Waals surface area contributed by atoms with Crippen LogP contribution in [-0.2, 0) is 16.6 Å². The molecule has 33 heavy (non-hydrogen) atoms. The molecule has 3 aromatic carbocycles. The maximum Gasteiger partial charge on any atom is 0.261 e. The quantitative estimate of drug-likeness (QED) is 0.445. The van der Waals surface area contributed by atoms with Gasteiger partial charge >= 0.3 is 0 Å². The lowest BCUT2D eigenvalue weighted by Crippen LogP contribution is -2.32. The maximum absolute atomic E-state index is 12.5. The summed E-state index contributed by atoms with van der Waals surface area (Å²) < 4.78 is 27.5. The third-order valence-corrected chi connectivity index (χ3v) is 6.48. The predicted molar refractivity (Wildman–Crippen MR) is 129 cm³/mol. The van der Waals surface area contributed by atoms with Crippen molar-refractivity contribution < 1.29 is 18.0 Å². The lowest BCUT2D eigenvalue weighted by molar-refractivity contribution is 0.0936. The maximum atomic E-state index is 12.5. The fraction of sp³-hybridized carbons (Fsp3) is 0.200. The third kappa shape index (κ3) is 6.66. The Hall–Kier alpha value is -3.65. The van der Waals surface area contributed by atoms with E-state index in [4.69, 9.17) is 0 Å². The average Bonchev–Trinajstić information content (AvgIpc) is 2.83. The van der Waals surface area contributed by atoms with E-state index < -0.39 is 10.0 Å². The number of carbonyl (C=O) groups excluding carboxylic acids is 2. The zero-order chi connectivity index (χ0) is 23.8. The van der Waals surface area contributed by atoms with E-state index in [1.807, 2.05) is 19.9 Å². The van der Waals surface area contributed by atoms with Gasteiger partial charge in [0.1, 0.15) is 0 Å². The molecule has 0 aliphatic heterocycles. The number of anilines is 1. The Morgan fingerprint density at radius 3 is 2.21 bits per heavy atom. The zero-order valence-electron chi connectivity index (χ0n) is 18.5. The molecule has 0 saturated heterocycles. The van der Waals surface area contributed by atoms with Crippen LogP contribution in [0, 0.1) is 0 Å². The van der Waals surface area contributed by atoms with Crippen molar-refractivity contribution in [3.8, 4) is 0 Å². The van der Waals surface area contributed by atoms with Crippen LogP contribution in [0.25, 0.3) is 0 Å². The molecule has 0 spiro atoms. The summed E-state index contributed by atoms with van der Waals surface area (Å²) in [6.07, 6.45) is 0.837. The molecule has 0 radical (unpaired) electrons. The summed E-state index contributed by atoms with van der Waals surface area (Å²) in [6, 6.07) is 21.4. The van der Waals surface area contributed by atoms with Gasteiger partial charge in [0.25, 0.3) is 21.8 Å². The minimum Gasteiger partial charge on any atom is -0.350 e. The van der Waals surface area contributed by atoms with Gasteiger partial charge in [-0.1, -0.05) is 37.3 Å². The van der Waals surface area contributed by atoms with Gasteiger partial charge in [-0.2, -0.15) is 0 Å². The van der Waals surface area contributed by atoms with Gasteiger partial charge in [-0.3, -0.25) is 14.3 Å². The van der Waals surface area contributed by atoms with Gasteiger partial charge in [0, 0.05) is 29.4 Å². The lowest BCUT2D eigenvalue weighted by atomic mass is 10.1. The molecular formula is C25H27N3O4S. The number of benzene rings is 3. The molecule has 3 aromatic rings. The van der Waals surface area contributed by atoms with Gasteiger partial charge in [-0.25, -0.2) is 8.42 Å². The van der Waals surface area contributed by atoms with Crippen molar-refractivity contribution in [3.63, 3.8) is 0 Å². The van der Waals surface area contributed by atoms with Crippen LogP contribution in [-0.4, -0.2) is 26.3 Å². The highest BCUT2D eigenvalue weighted by molar-refractivity contribution is 7.92. The van der Waals surface area contributed by atoms with Gasteiger partial charge < -0.3 is 10.6 Å². The Bertz CT molecular complexity index is 1210. The van der Waals surface area contributed by atoms with Crippen molar-refractivity contribution in [2.24, 2.45) is 0 Å². The van der Waals surface area contributed by atoms with Gasteiger partial charge in [0.05, 0.1) is 4.90 Å².